The van der Waals surface area contributed by atoms with Crippen LogP contribution < -0.4 is 20.5 Å². The van der Waals surface area contributed by atoms with Gasteiger partial charge in [0, 0.05) is 5.69 Å². The number of H-pyrrole nitrogens is 2. The van der Waals surface area contributed by atoms with Crippen molar-refractivity contribution in [3.05, 3.63) is 52.9 Å². The summed E-state index contributed by atoms with van der Waals surface area (Å²) in [5.74, 6) is 1.00. The molecule has 3 rings (SSSR count). The molecule has 0 spiro atoms. The molecule has 0 aliphatic rings. The molecule has 0 aliphatic heterocycles. The molecule has 24 heavy (non-hydrogen) atoms. The van der Waals surface area contributed by atoms with E-state index in [9.17, 15) is 9.59 Å². The van der Waals surface area contributed by atoms with E-state index in [1.54, 1.807) is 56.5 Å². The van der Waals surface area contributed by atoms with E-state index in [0.29, 0.717) is 28.2 Å². The van der Waals surface area contributed by atoms with Gasteiger partial charge in [-0.3, -0.25) is 4.79 Å². The Balaban J connectivity index is 1.66. The van der Waals surface area contributed by atoms with Crippen LogP contribution in [-0.2, 0) is 4.79 Å². The van der Waals surface area contributed by atoms with Crippen molar-refractivity contribution < 1.29 is 14.3 Å². The van der Waals surface area contributed by atoms with Crippen molar-refractivity contribution in [2.45, 2.75) is 13.0 Å². The van der Waals surface area contributed by atoms with E-state index in [0.717, 1.165) is 0 Å². The average molecular weight is 327 g/mol. The second-order valence-electron chi connectivity index (χ2n) is 5.26. The smallest absolute Gasteiger partial charge is 0.323 e. The second-order valence-corrected chi connectivity index (χ2v) is 5.26. The van der Waals surface area contributed by atoms with Gasteiger partial charge in [-0.1, -0.05) is 0 Å². The molecule has 7 heteroatoms. The Morgan fingerprint density at radius 3 is 2.42 bits per heavy atom. The first-order valence-electron chi connectivity index (χ1n) is 7.39. The molecule has 0 bridgehead atoms. The first kappa shape index (κ1) is 15.7. The van der Waals surface area contributed by atoms with Crippen LogP contribution in [0, 0.1) is 0 Å². The van der Waals surface area contributed by atoms with E-state index in [-0.39, 0.29) is 11.6 Å². The maximum absolute atomic E-state index is 12.2. The van der Waals surface area contributed by atoms with Gasteiger partial charge in [0.25, 0.3) is 5.91 Å². The highest BCUT2D eigenvalue weighted by Gasteiger charge is 2.15. The lowest BCUT2D eigenvalue weighted by atomic mass is 10.2. The molecule has 124 valence electrons. The van der Waals surface area contributed by atoms with Crippen molar-refractivity contribution in [1.82, 2.24) is 9.97 Å². The van der Waals surface area contributed by atoms with E-state index >= 15 is 0 Å². The normalized spacial score (nSPS) is 11.9. The van der Waals surface area contributed by atoms with Gasteiger partial charge in [-0.15, -0.1) is 0 Å². The minimum Gasteiger partial charge on any atom is -0.497 e. The number of hydrogen-bond donors (Lipinski definition) is 3. The molecule has 0 radical (unpaired) electrons. The summed E-state index contributed by atoms with van der Waals surface area (Å²) >= 11 is 0. The quantitative estimate of drug-likeness (QED) is 0.670. The molecule has 7 nitrogen and oxygen atoms in total. The molecule has 1 atom stereocenters. The summed E-state index contributed by atoms with van der Waals surface area (Å²) in [5, 5.41) is 2.76. The SMILES string of the molecule is COc1ccc(OC(C)C(=O)Nc2ccc3[nH]c(=O)[nH]c3c2)cc1. The Kier molecular flexibility index (Phi) is 4.24. The lowest BCUT2D eigenvalue weighted by Crippen LogP contribution is -2.30. The first-order valence-corrected chi connectivity index (χ1v) is 7.39. The van der Waals surface area contributed by atoms with Crippen molar-refractivity contribution >= 4 is 22.6 Å². The molecule has 1 heterocycles. The summed E-state index contributed by atoms with van der Waals surface area (Å²) in [6.45, 7) is 1.66. The summed E-state index contributed by atoms with van der Waals surface area (Å²) < 4.78 is 10.7. The van der Waals surface area contributed by atoms with E-state index in [2.05, 4.69) is 15.3 Å². The number of benzene rings is 2. The van der Waals surface area contributed by atoms with Crippen LogP contribution in [0.3, 0.4) is 0 Å². The number of aromatic amines is 2. The predicted octanol–water partition coefficient (Wildman–Crippen LogP) is 2.27. The van der Waals surface area contributed by atoms with Crippen LogP contribution in [0.5, 0.6) is 11.5 Å². The minimum absolute atomic E-state index is 0.287. The van der Waals surface area contributed by atoms with Crippen LogP contribution in [0.1, 0.15) is 6.92 Å². The molecule has 3 N–H and O–H groups in total. The van der Waals surface area contributed by atoms with Gasteiger partial charge in [0.1, 0.15) is 11.5 Å². The van der Waals surface area contributed by atoms with Gasteiger partial charge >= 0.3 is 5.69 Å². The standard InChI is InChI=1S/C17H17N3O4/c1-10(24-13-6-4-12(23-2)5-7-13)16(21)18-11-3-8-14-15(9-11)20-17(22)19-14/h3-10H,1-2H3,(H,18,21)(H2,19,20,22). The number of carbonyl (C=O) groups excluding carboxylic acids is 1. The number of imidazole rings is 1. The fraction of sp³-hybridized carbons (Fsp3) is 0.176. The minimum atomic E-state index is -0.681. The zero-order valence-corrected chi connectivity index (χ0v) is 13.3. The Bertz CT molecular complexity index is 911. The average Bonchev–Trinajstić information content (AvgIpc) is 2.94. The van der Waals surface area contributed by atoms with Crippen LogP contribution in [-0.4, -0.2) is 29.1 Å². The third-order valence-corrected chi connectivity index (χ3v) is 3.53. The van der Waals surface area contributed by atoms with Crippen molar-refractivity contribution in [1.29, 1.82) is 0 Å². The number of nitrogens with one attached hydrogen (secondary N) is 3. The van der Waals surface area contributed by atoms with E-state index < -0.39 is 6.10 Å². The molecular weight excluding hydrogens is 310 g/mol. The third kappa shape index (κ3) is 3.40. The molecule has 1 unspecified atom stereocenters. The van der Waals surface area contributed by atoms with Gasteiger partial charge in [0.05, 0.1) is 18.1 Å². The number of rotatable bonds is 5. The molecule has 3 aromatic rings. The number of amides is 1. The van der Waals surface area contributed by atoms with E-state index in [4.69, 9.17) is 9.47 Å². The molecule has 1 amide bonds. The largest absolute Gasteiger partial charge is 0.497 e. The zero-order chi connectivity index (χ0) is 17.1. The van der Waals surface area contributed by atoms with Crippen LogP contribution >= 0.6 is 0 Å². The molecule has 2 aromatic carbocycles. The number of aromatic nitrogens is 2. The fourth-order valence-corrected chi connectivity index (χ4v) is 2.27. The Hall–Kier alpha value is -3.22. The van der Waals surface area contributed by atoms with Crippen LogP contribution in [0.15, 0.2) is 47.3 Å². The lowest BCUT2D eigenvalue weighted by molar-refractivity contribution is -0.122. The molecular formula is C17H17N3O4. The Labute approximate surface area is 137 Å². The topological polar surface area (TPSA) is 96.2 Å². The number of methoxy groups -OCH3 is 1. The molecule has 0 fully saturated rings. The van der Waals surface area contributed by atoms with Gasteiger partial charge in [-0.05, 0) is 49.4 Å². The van der Waals surface area contributed by atoms with Crippen molar-refractivity contribution in [3.63, 3.8) is 0 Å². The number of carbonyl (C=O) groups is 1. The van der Waals surface area contributed by atoms with Crippen molar-refractivity contribution in [3.8, 4) is 11.5 Å². The maximum atomic E-state index is 12.2. The predicted molar refractivity (Wildman–Crippen MR) is 90.6 cm³/mol. The van der Waals surface area contributed by atoms with E-state index in [1.807, 2.05) is 0 Å². The highest BCUT2D eigenvalue weighted by molar-refractivity contribution is 5.95. The third-order valence-electron chi connectivity index (χ3n) is 3.53. The van der Waals surface area contributed by atoms with Gasteiger partial charge in [-0.2, -0.15) is 0 Å². The first-order chi connectivity index (χ1) is 11.5. The Morgan fingerprint density at radius 1 is 1.04 bits per heavy atom. The molecule has 0 saturated heterocycles. The molecule has 1 aromatic heterocycles. The summed E-state index contributed by atoms with van der Waals surface area (Å²) in [6.07, 6.45) is -0.681. The zero-order valence-electron chi connectivity index (χ0n) is 13.3. The monoisotopic (exact) mass is 327 g/mol. The molecule has 0 saturated carbocycles. The lowest BCUT2D eigenvalue weighted by Gasteiger charge is -2.15. The van der Waals surface area contributed by atoms with Crippen LogP contribution in [0.2, 0.25) is 0 Å². The van der Waals surface area contributed by atoms with Gasteiger partial charge in [0.15, 0.2) is 6.10 Å². The Morgan fingerprint density at radius 2 is 1.71 bits per heavy atom. The fourth-order valence-electron chi connectivity index (χ4n) is 2.27. The number of ether oxygens (including phenoxy) is 2. The second kappa shape index (κ2) is 6.49. The maximum Gasteiger partial charge on any atom is 0.323 e. The summed E-state index contributed by atoms with van der Waals surface area (Å²) in [6, 6.07) is 12.1. The number of fused-ring (bicyclic) bond motifs is 1. The van der Waals surface area contributed by atoms with Crippen molar-refractivity contribution in [2.24, 2.45) is 0 Å². The van der Waals surface area contributed by atoms with Crippen LogP contribution in [0.4, 0.5) is 5.69 Å². The van der Waals surface area contributed by atoms with Crippen LogP contribution in [0.25, 0.3) is 11.0 Å². The summed E-state index contributed by atoms with van der Waals surface area (Å²) in [5.41, 5.74) is 1.60. The highest BCUT2D eigenvalue weighted by atomic mass is 16.5. The molecule has 0 aliphatic carbocycles. The summed E-state index contributed by atoms with van der Waals surface area (Å²) in [4.78, 5) is 28.8. The van der Waals surface area contributed by atoms with E-state index in [1.165, 1.54) is 0 Å². The summed E-state index contributed by atoms with van der Waals surface area (Å²) in [7, 11) is 1.58. The van der Waals surface area contributed by atoms with Gasteiger partial charge < -0.3 is 24.8 Å². The van der Waals surface area contributed by atoms with Gasteiger partial charge in [-0.25, -0.2) is 4.79 Å². The van der Waals surface area contributed by atoms with Crippen molar-refractivity contribution in [2.75, 3.05) is 12.4 Å². The number of hydrogen-bond acceptors (Lipinski definition) is 4. The van der Waals surface area contributed by atoms with Gasteiger partial charge in [0.2, 0.25) is 0 Å². The number of anilines is 1. The highest BCUT2D eigenvalue weighted by Crippen LogP contribution is 2.19.